The van der Waals surface area contributed by atoms with Gasteiger partial charge in [0.05, 0.1) is 20.5 Å². The Morgan fingerprint density at radius 3 is 1.62 bits per heavy atom. The first-order valence-electron chi connectivity index (χ1n) is 17.3. The minimum Gasteiger partial charge on any atom is -0.616 e. The maximum absolute atomic E-state index is 15.3. The summed E-state index contributed by atoms with van der Waals surface area (Å²) in [7, 11) is -1.49. The topological polar surface area (TPSA) is 181 Å². The Kier molecular flexibility index (Phi) is 11.4. The Labute approximate surface area is 331 Å². The molecule has 58 heavy (non-hydrogen) atoms. The highest BCUT2D eigenvalue weighted by Crippen LogP contribution is 2.37. The third-order valence-electron chi connectivity index (χ3n) is 10.1. The van der Waals surface area contributed by atoms with Crippen LogP contribution in [0.2, 0.25) is 0 Å². The largest absolute Gasteiger partial charge is 0.819 e. The Morgan fingerprint density at radius 2 is 1.19 bits per heavy atom. The molecule has 310 valence electrons. The van der Waals surface area contributed by atoms with Crippen LogP contribution in [0.25, 0.3) is 22.3 Å². The van der Waals surface area contributed by atoms with E-state index in [2.05, 4.69) is 10.3 Å². The number of oxime groups is 2. The van der Waals surface area contributed by atoms with E-state index in [0.29, 0.717) is 0 Å². The third kappa shape index (κ3) is 7.86. The predicted octanol–water partition coefficient (Wildman–Crippen LogP) is 4.49. The highest BCUT2D eigenvalue weighted by molar-refractivity contribution is 7.93. The Bertz CT molecular complexity index is 2570. The summed E-state index contributed by atoms with van der Waals surface area (Å²) < 4.78 is 130. The molecule has 1 spiro atoms. The average Bonchev–Trinajstić information content (AvgIpc) is 3.81. The number of hydrogen-bond donors (Lipinski definition) is 0. The van der Waals surface area contributed by atoms with Crippen molar-refractivity contribution < 1.29 is 58.8 Å². The first-order valence-corrected chi connectivity index (χ1v) is 20.7. The highest BCUT2D eigenvalue weighted by Gasteiger charge is 2.60. The van der Waals surface area contributed by atoms with Crippen LogP contribution in [0.15, 0.2) is 80.8 Å². The smallest absolute Gasteiger partial charge is 0.616 e. The van der Waals surface area contributed by atoms with Gasteiger partial charge in [-0.25, -0.2) is 26.0 Å². The number of halogens is 4. The zero-order valence-electron chi connectivity index (χ0n) is 31.8. The van der Waals surface area contributed by atoms with Crippen LogP contribution in [0.3, 0.4) is 0 Å². The standard InChI is InChI=1S/C36H36BF4N4O11S2/c1-35(57(5)48,11-13-44-19-29(40)25(17-31(44)46)23-9-7-21(51-3)15-27(23)38)33-42-55-37(53-33)54-34(43-56-37)36(2,58(6,49)50)12-14-45-20-30(41)26(18-32(45)47)24-10-8-22(52-4)16-28(24)39/h7-10,15-20H,11-14H2,1-6H3/q-1. The Morgan fingerprint density at radius 1 is 0.741 bits per heavy atom. The summed E-state index contributed by atoms with van der Waals surface area (Å²) >= 11 is -1.82. The number of aromatic nitrogens is 2. The molecule has 0 radical (unpaired) electrons. The van der Waals surface area contributed by atoms with Crippen LogP contribution in [0.4, 0.5) is 17.6 Å². The lowest BCUT2D eigenvalue weighted by Crippen LogP contribution is -2.52. The molecule has 22 heteroatoms. The number of sulfone groups is 1. The highest BCUT2D eigenvalue weighted by atomic mass is 32.2. The average molecular weight is 852 g/mol. The maximum Gasteiger partial charge on any atom is 0.819 e. The number of pyridine rings is 2. The van der Waals surface area contributed by atoms with Gasteiger partial charge in [0.2, 0.25) is 11.8 Å². The van der Waals surface area contributed by atoms with E-state index in [1.807, 2.05) is 0 Å². The number of methoxy groups -OCH3 is 2. The van der Waals surface area contributed by atoms with Gasteiger partial charge < -0.3 is 42.0 Å². The van der Waals surface area contributed by atoms with Crippen molar-refractivity contribution in [2.75, 3.05) is 26.7 Å². The van der Waals surface area contributed by atoms with Crippen molar-refractivity contribution in [3.05, 3.63) is 105 Å². The van der Waals surface area contributed by atoms with Gasteiger partial charge in [0.25, 0.3) is 11.1 Å². The van der Waals surface area contributed by atoms with Gasteiger partial charge in [-0.3, -0.25) is 9.59 Å². The SMILES string of the molecule is COc1ccc(-c2cc(=O)n(CCC(C)(C3=NO[B-]4(ON=C(C(C)(CCn5cc(F)c(-c6ccc(OC)cc6F)cc5=O)S(C)(=O)=O)O4)O3)[S+](C)[O-])cc2F)c(F)c1. The van der Waals surface area contributed by atoms with Crippen LogP contribution in [0.1, 0.15) is 26.7 Å². The molecule has 0 amide bonds. The fourth-order valence-electron chi connectivity index (χ4n) is 6.14. The van der Waals surface area contributed by atoms with Crippen molar-refractivity contribution in [3.8, 4) is 33.8 Å². The van der Waals surface area contributed by atoms with Gasteiger partial charge in [0.1, 0.15) is 39.5 Å². The number of aryl methyl sites for hydroxylation is 2. The number of hydrogen-bond acceptors (Lipinski definition) is 13. The molecule has 0 saturated heterocycles. The summed E-state index contributed by atoms with van der Waals surface area (Å²) in [6.45, 7) is -1.40. The van der Waals surface area contributed by atoms with E-state index in [0.717, 1.165) is 52.0 Å². The fraction of sp³-hybridized carbons (Fsp3) is 0.333. The van der Waals surface area contributed by atoms with E-state index in [1.54, 1.807) is 0 Å². The minimum atomic E-state index is -4.16. The maximum atomic E-state index is 15.3. The van der Waals surface area contributed by atoms with E-state index in [9.17, 15) is 31.3 Å². The molecule has 2 aromatic carbocycles. The van der Waals surface area contributed by atoms with Crippen molar-refractivity contribution in [3.63, 3.8) is 0 Å². The predicted molar refractivity (Wildman–Crippen MR) is 205 cm³/mol. The Balaban J connectivity index is 1.16. The molecule has 4 unspecified atom stereocenters. The molecule has 4 heterocycles. The van der Waals surface area contributed by atoms with Gasteiger partial charge in [-0.05, 0) is 55.7 Å². The quantitative estimate of drug-likeness (QED) is 0.0991. The van der Waals surface area contributed by atoms with Gasteiger partial charge in [-0.15, -0.1) is 0 Å². The molecule has 2 aliphatic rings. The molecule has 4 aromatic rings. The molecule has 2 aliphatic heterocycles. The fourth-order valence-corrected chi connectivity index (χ4v) is 7.72. The van der Waals surface area contributed by atoms with Gasteiger partial charge >= 0.3 is 6.96 Å². The lowest BCUT2D eigenvalue weighted by Gasteiger charge is -2.33. The molecule has 0 fully saturated rings. The Hall–Kier alpha value is -5.48. The molecule has 0 aliphatic carbocycles. The minimum absolute atomic E-state index is 0.161. The van der Waals surface area contributed by atoms with Crippen molar-refractivity contribution in [2.24, 2.45) is 10.3 Å². The summed E-state index contributed by atoms with van der Waals surface area (Å²) in [6.07, 6.45) is 3.30. The van der Waals surface area contributed by atoms with E-state index in [-0.39, 0.29) is 59.2 Å². The zero-order chi connectivity index (χ0) is 42.4. The molecule has 4 atom stereocenters. The summed E-state index contributed by atoms with van der Waals surface area (Å²) in [4.78, 5) is 26.1. The molecule has 15 nitrogen and oxygen atoms in total. The summed E-state index contributed by atoms with van der Waals surface area (Å²) in [5.74, 6) is -4.03. The van der Waals surface area contributed by atoms with Crippen LogP contribution >= 0.6 is 0 Å². The zero-order valence-corrected chi connectivity index (χ0v) is 33.4. The van der Waals surface area contributed by atoms with Crippen LogP contribution in [-0.4, -0.2) is 77.1 Å². The number of ether oxygens (including phenoxy) is 2. The lowest BCUT2D eigenvalue weighted by molar-refractivity contribution is 0.0889. The third-order valence-corrected chi connectivity index (χ3v) is 13.8. The molecule has 6 rings (SSSR count). The van der Waals surface area contributed by atoms with Gasteiger partial charge in [0.15, 0.2) is 14.6 Å². The summed E-state index contributed by atoms with van der Waals surface area (Å²) in [5.41, 5.74) is -2.43. The van der Waals surface area contributed by atoms with Crippen LogP contribution < -0.4 is 20.6 Å². The van der Waals surface area contributed by atoms with Crippen molar-refractivity contribution in [1.29, 1.82) is 0 Å². The van der Waals surface area contributed by atoms with Crippen LogP contribution in [0.5, 0.6) is 11.5 Å². The lowest BCUT2D eigenvalue weighted by atomic mass is 10.0. The monoisotopic (exact) mass is 851 g/mol. The normalized spacial score (nSPS) is 18.8. The first-order chi connectivity index (χ1) is 27.2. The number of nitrogens with zero attached hydrogens (tertiary/aromatic N) is 4. The number of benzene rings is 2. The van der Waals surface area contributed by atoms with E-state index >= 15 is 8.78 Å². The molecule has 2 aromatic heterocycles. The van der Waals surface area contributed by atoms with E-state index in [4.69, 9.17) is 28.3 Å². The van der Waals surface area contributed by atoms with Gasteiger partial charge in [-0.1, -0.05) is 10.3 Å². The molecule has 0 saturated carbocycles. The van der Waals surface area contributed by atoms with Crippen molar-refractivity contribution in [2.45, 2.75) is 49.3 Å². The van der Waals surface area contributed by atoms with Crippen molar-refractivity contribution in [1.82, 2.24) is 9.13 Å². The molecule has 0 bridgehead atoms. The summed E-state index contributed by atoms with van der Waals surface area (Å²) in [5, 5.41) is 7.63. The van der Waals surface area contributed by atoms with Crippen LogP contribution in [-0.2, 0) is 52.9 Å². The van der Waals surface area contributed by atoms with Crippen molar-refractivity contribution >= 4 is 39.8 Å². The molecular formula is C36H36BF4N4O11S2-. The van der Waals surface area contributed by atoms with Gasteiger partial charge in [-0.2, -0.15) is 0 Å². The molecule has 0 N–H and O–H groups in total. The van der Waals surface area contributed by atoms with E-state index < -0.39 is 84.2 Å². The molecular weight excluding hydrogens is 815 g/mol. The second kappa shape index (κ2) is 15.7. The second-order valence-corrected chi connectivity index (χ2v) is 18.1. The van der Waals surface area contributed by atoms with E-state index in [1.165, 1.54) is 58.6 Å². The first kappa shape index (κ1) is 42.1. The van der Waals surface area contributed by atoms with Gasteiger partial charge in [0, 0.05) is 84.7 Å². The summed E-state index contributed by atoms with van der Waals surface area (Å²) in [6, 6.07) is 9.22. The van der Waals surface area contributed by atoms with Crippen LogP contribution in [0, 0.1) is 23.3 Å². The second-order valence-electron chi connectivity index (χ2n) is 13.8. The number of rotatable bonds is 14.